The maximum absolute atomic E-state index is 13.2. The molecule has 0 saturated carbocycles. The van der Waals surface area contributed by atoms with Gasteiger partial charge in [-0.25, -0.2) is 14.5 Å². The van der Waals surface area contributed by atoms with Crippen molar-refractivity contribution < 1.29 is 4.79 Å². The lowest BCUT2D eigenvalue weighted by molar-refractivity contribution is 0.0705. The number of fused-ring (bicyclic) bond motifs is 1. The van der Waals surface area contributed by atoms with Crippen LogP contribution in [0.4, 0.5) is 0 Å². The van der Waals surface area contributed by atoms with Crippen LogP contribution in [0.2, 0.25) is 0 Å². The lowest BCUT2D eigenvalue weighted by atomic mass is 9.96. The van der Waals surface area contributed by atoms with Gasteiger partial charge < -0.3 is 9.88 Å². The molecule has 0 unspecified atom stereocenters. The Bertz CT molecular complexity index is 1060. The normalized spacial score (nSPS) is 17.6. The molecule has 27 heavy (non-hydrogen) atoms. The second-order valence-corrected chi connectivity index (χ2v) is 7.12. The first-order valence-corrected chi connectivity index (χ1v) is 9.38. The fourth-order valence-electron chi connectivity index (χ4n) is 3.99. The zero-order valence-corrected chi connectivity index (χ0v) is 15.9. The highest BCUT2D eigenvalue weighted by Gasteiger charge is 2.30. The summed E-state index contributed by atoms with van der Waals surface area (Å²) in [5.41, 5.74) is 2.10. The van der Waals surface area contributed by atoms with E-state index in [1.165, 1.54) is 4.68 Å². The average molecular weight is 368 g/mol. The number of aryl methyl sites for hydroxylation is 2. The SMILES string of the molecule is CCn1c([C@H]2CCCN(C(=O)c3cccc4[nH]c(C)nc34)C2)nn(C)c1=O. The number of aromatic nitrogens is 5. The average Bonchev–Trinajstić information content (AvgIpc) is 3.19. The van der Waals surface area contributed by atoms with E-state index in [0.29, 0.717) is 30.7 Å². The number of carbonyl (C=O) groups excluding carboxylic acids is 1. The highest BCUT2D eigenvalue weighted by atomic mass is 16.2. The van der Waals surface area contributed by atoms with Gasteiger partial charge in [0.05, 0.1) is 11.1 Å². The van der Waals surface area contributed by atoms with Gasteiger partial charge in [0.1, 0.15) is 17.2 Å². The number of aromatic amines is 1. The van der Waals surface area contributed by atoms with Gasteiger partial charge in [-0.1, -0.05) is 6.07 Å². The molecule has 1 aromatic carbocycles. The molecule has 1 saturated heterocycles. The standard InChI is InChI=1S/C19H24N6O2/c1-4-25-17(22-23(3)19(25)27)13-7-6-10-24(11-13)18(26)14-8-5-9-15-16(14)21-12(2)20-15/h5,8-9,13H,4,6-7,10-11H2,1-3H3,(H,20,21)/t13-/m0/s1. The van der Waals surface area contributed by atoms with Crippen molar-refractivity contribution in [1.82, 2.24) is 29.2 Å². The lowest BCUT2D eigenvalue weighted by Gasteiger charge is -2.32. The lowest BCUT2D eigenvalue weighted by Crippen LogP contribution is -2.40. The van der Waals surface area contributed by atoms with Crippen LogP contribution in [0.3, 0.4) is 0 Å². The Balaban J connectivity index is 1.64. The number of hydrogen-bond donors (Lipinski definition) is 1. The van der Waals surface area contributed by atoms with Gasteiger partial charge in [-0.15, -0.1) is 0 Å². The molecule has 0 spiro atoms. The van der Waals surface area contributed by atoms with Gasteiger partial charge in [0.25, 0.3) is 5.91 Å². The number of likely N-dealkylation sites (tertiary alicyclic amines) is 1. The first-order chi connectivity index (χ1) is 13.0. The van der Waals surface area contributed by atoms with Gasteiger partial charge in [-0.05, 0) is 38.8 Å². The summed E-state index contributed by atoms with van der Waals surface area (Å²) in [6.07, 6.45) is 1.81. The molecule has 1 atom stereocenters. The molecule has 8 heteroatoms. The first kappa shape index (κ1) is 17.5. The quantitative estimate of drug-likeness (QED) is 0.763. The summed E-state index contributed by atoms with van der Waals surface area (Å²) < 4.78 is 3.09. The minimum Gasteiger partial charge on any atom is -0.342 e. The van der Waals surface area contributed by atoms with Gasteiger partial charge in [0.15, 0.2) is 0 Å². The summed E-state index contributed by atoms with van der Waals surface area (Å²) in [4.78, 5) is 35.0. The van der Waals surface area contributed by atoms with E-state index in [-0.39, 0.29) is 17.5 Å². The second-order valence-electron chi connectivity index (χ2n) is 7.12. The van der Waals surface area contributed by atoms with E-state index in [9.17, 15) is 9.59 Å². The molecule has 3 heterocycles. The molecular weight excluding hydrogens is 344 g/mol. The number of H-pyrrole nitrogens is 1. The van der Waals surface area contributed by atoms with Crippen molar-refractivity contribution in [2.45, 2.75) is 39.2 Å². The molecule has 0 radical (unpaired) electrons. The van der Waals surface area contributed by atoms with E-state index in [1.54, 1.807) is 11.6 Å². The van der Waals surface area contributed by atoms with Crippen LogP contribution in [0.1, 0.15) is 47.7 Å². The molecular formula is C19H24N6O2. The molecule has 0 bridgehead atoms. The monoisotopic (exact) mass is 368 g/mol. The van der Waals surface area contributed by atoms with Crippen LogP contribution in [-0.4, -0.2) is 48.2 Å². The van der Waals surface area contributed by atoms with E-state index in [4.69, 9.17) is 0 Å². The van der Waals surface area contributed by atoms with Crippen molar-refractivity contribution in [3.8, 4) is 0 Å². The molecule has 3 aromatic rings. The van der Waals surface area contributed by atoms with Crippen LogP contribution in [0.5, 0.6) is 0 Å². The van der Waals surface area contributed by atoms with E-state index >= 15 is 0 Å². The Hall–Kier alpha value is -2.90. The number of amides is 1. The minimum absolute atomic E-state index is 0.0156. The number of nitrogens with zero attached hydrogens (tertiary/aromatic N) is 5. The number of imidazole rings is 1. The smallest absolute Gasteiger partial charge is 0.342 e. The first-order valence-electron chi connectivity index (χ1n) is 9.38. The third kappa shape index (κ3) is 2.94. The highest BCUT2D eigenvalue weighted by Crippen LogP contribution is 2.27. The van der Waals surface area contributed by atoms with Crippen LogP contribution < -0.4 is 5.69 Å². The summed E-state index contributed by atoms with van der Waals surface area (Å²) in [6, 6.07) is 5.64. The molecule has 1 aliphatic rings. The van der Waals surface area contributed by atoms with Crippen molar-refractivity contribution in [1.29, 1.82) is 0 Å². The number of nitrogens with one attached hydrogen (secondary N) is 1. The van der Waals surface area contributed by atoms with Crippen molar-refractivity contribution in [2.75, 3.05) is 13.1 Å². The summed E-state index contributed by atoms with van der Waals surface area (Å²) in [7, 11) is 1.67. The van der Waals surface area contributed by atoms with Crippen LogP contribution >= 0.6 is 0 Å². The predicted molar refractivity (Wildman–Crippen MR) is 102 cm³/mol. The molecule has 2 aromatic heterocycles. The fourth-order valence-corrected chi connectivity index (χ4v) is 3.99. The van der Waals surface area contributed by atoms with Crippen molar-refractivity contribution >= 4 is 16.9 Å². The topological polar surface area (TPSA) is 88.8 Å². The number of para-hydroxylation sites is 1. The van der Waals surface area contributed by atoms with E-state index in [0.717, 1.165) is 30.0 Å². The summed E-state index contributed by atoms with van der Waals surface area (Å²) in [5, 5.41) is 4.44. The van der Waals surface area contributed by atoms with E-state index < -0.39 is 0 Å². The third-order valence-corrected chi connectivity index (χ3v) is 5.29. The Labute approximate surface area is 156 Å². The molecule has 4 rings (SSSR count). The van der Waals surface area contributed by atoms with Crippen LogP contribution in [0.25, 0.3) is 11.0 Å². The molecule has 142 valence electrons. The van der Waals surface area contributed by atoms with Crippen LogP contribution in [0.15, 0.2) is 23.0 Å². The maximum Gasteiger partial charge on any atom is 0.345 e. The largest absolute Gasteiger partial charge is 0.345 e. The number of benzene rings is 1. The van der Waals surface area contributed by atoms with Gasteiger partial charge in [0.2, 0.25) is 0 Å². The molecule has 8 nitrogen and oxygen atoms in total. The highest BCUT2D eigenvalue weighted by molar-refractivity contribution is 6.04. The number of hydrogen-bond acceptors (Lipinski definition) is 4. The van der Waals surface area contributed by atoms with E-state index in [2.05, 4.69) is 15.1 Å². The van der Waals surface area contributed by atoms with Gasteiger partial charge in [-0.2, -0.15) is 5.10 Å². The maximum atomic E-state index is 13.2. The summed E-state index contributed by atoms with van der Waals surface area (Å²) in [5.74, 6) is 1.62. The number of rotatable bonds is 3. The molecule has 1 aliphatic heterocycles. The number of piperidine rings is 1. The van der Waals surface area contributed by atoms with Gasteiger partial charge in [-0.3, -0.25) is 9.36 Å². The Morgan fingerprint density at radius 1 is 1.37 bits per heavy atom. The zero-order chi connectivity index (χ0) is 19.1. The molecule has 1 N–H and O–H groups in total. The molecule has 1 fully saturated rings. The van der Waals surface area contributed by atoms with Crippen molar-refractivity contribution in [3.05, 3.63) is 45.9 Å². The summed E-state index contributed by atoms with van der Waals surface area (Å²) in [6.45, 7) is 5.68. The Kier molecular flexibility index (Phi) is 4.33. The summed E-state index contributed by atoms with van der Waals surface area (Å²) >= 11 is 0. The predicted octanol–water partition coefficient (Wildman–Crippen LogP) is 1.81. The van der Waals surface area contributed by atoms with Crippen LogP contribution in [0, 0.1) is 6.92 Å². The second kappa shape index (κ2) is 6.68. The Morgan fingerprint density at radius 3 is 2.96 bits per heavy atom. The van der Waals surface area contributed by atoms with Crippen molar-refractivity contribution in [2.24, 2.45) is 7.05 Å². The van der Waals surface area contributed by atoms with Gasteiger partial charge in [0, 0.05) is 32.6 Å². The fraction of sp³-hybridized carbons (Fsp3) is 0.474. The molecule has 1 amide bonds. The Morgan fingerprint density at radius 2 is 2.19 bits per heavy atom. The molecule has 0 aliphatic carbocycles. The zero-order valence-electron chi connectivity index (χ0n) is 15.9. The third-order valence-electron chi connectivity index (χ3n) is 5.29. The number of carbonyl (C=O) groups is 1. The van der Waals surface area contributed by atoms with E-state index in [1.807, 2.05) is 36.9 Å². The van der Waals surface area contributed by atoms with Crippen LogP contribution in [-0.2, 0) is 13.6 Å². The minimum atomic E-state index is -0.104. The van der Waals surface area contributed by atoms with Crippen molar-refractivity contribution in [3.63, 3.8) is 0 Å². The van der Waals surface area contributed by atoms with Gasteiger partial charge >= 0.3 is 5.69 Å².